The molecule has 0 radical (unpaired) electrons. The number of nitrogens with zero attached hydrogens (tertiary/aromatic N) is 1. The van der Waals surface area contributed by atoms with Gasteiger partial charge in [0, 0.05) is 30.7 Å². The summed E-state index contributed by atoms with van der Waals surface area (Å²) in [4.78, 5) is 2.59. The van der Waals surface area contributed by atoms with Crippen LogP contribution in [-0.2, 0) is 0 Å². The second kappa shape index (κ2) is 6.27. The SMILES string of the molecule is C[C@H]1CCCN(CCNc2cccc3ccccc23)C1. The van der Waals surface area contributed by atoms with Gasteiger partial charge in [-0.05, 0) is 36.8 Å². The van der Waals surface area contributed by atoms with E-state index < -0.39 is 0 Å². The molecule has 1 aliphatic heterocycles. The Balaban J connectivity index is 1.60. The third kappa shape index (κ3) is 3.13. The molecule has 106 valence electrons. The van der Waals surface area contributed by atoms with Crippen LogP contribution in [0.15, 0.2) is 42.5 Å². The zero-order valence-corrected chi connectivity index (χ0v) is 12.3. The molecule has 0 aromatic heterocycles. The van der Waals surface area contributed by atoms with Crippen molar-refractivity contribution in [3.05, 3.63) is 42.5 Å². The van der Waals surface area contributed by atoms with Crippen LogP contribution in [0.25, 0.3) is 10.8 Å². The lowest BCUT2D eigenvalue weighted by atomic mass is 10.0. The molecule has 1 aliphatic rings. The summed E-state index contributed by atoms with van der Waals surface area (Å²) in [6.07, 6.45) is 2.75. The summed E-state index contributed by atoms with van der Waals surface area (Å²) >= 11 is 0. The summed E-state index contributed by atoms with van der Waals surface area (Å²) in [5.41, 5.74) is 1.26. The highest BCUT2D eigenvalue weighted by atomic mass is 15.1. The Morgan fingerprint density at radius 2 is 2.00 bits per heavy atom. The van der Waals surface area contributed by atoms with Gasteiger partial charge in [-0.3, -0.25) is 0 Å². The van der Waals surface area contributed by atoms with Crippen LogP contribution >= 0.6 is 0 Å². The summed E-state index contributed by atoms with van der Waals surface area (Å²) in [5.74, 6) is 0.862. The Morgan fingerprint density at radius 3 is 2.90 bits per heavy atom. The molecule has 0 bridgehead atoms. The van der Waals surface area contributed by atoms with E-state index >= 15 is 0 Å². The Hall–Kier alpha value is -1.54. The summed E-state index contributed by atoms with van der Waals surface area (Å²) < 4.78 is 0. The van der Waals surface area contributed by atoms with E-state index in [1.165, 1.54) is 42.4 Å². The topological polar surface area (TPSA) is 15.3 Å². The van der Waals surface area contributed by atoms with Crippen LogP contribution in [0.1, 0.15) is 19.8 Å². The molecule has 0 saturated carbocycles. The number of fused-ring (bicyclic) bond motifs is 1. The van der Waals surface area contributed by atoms with Crippen LogP contribution in [0, 0.1) is 5.92 Å². The highest BCUT2D eigenvalue weighted by molar-refractivity contribution is 5.93. The maximum atomic E-state index is 3.61. The fourth-order valence-corrected chi connectivity index (χ4v) is 3.22. The summed E-state index contributed by atoms with van der Waals surface area (Å²) in [5, 5.41) is 6.24. The molecule has 2 aromatic rings. The predicted octanol–water partition coefficient (Wildman–Crippen LogP) is 3.98. The van der Waals surface area contributed by atoms with Gasteiger partial charge in [-0.1, -0.05) is 43.3 Å². The van der Waals surface area contributed by atoms with Gasteiger partial charge in [-0.2, -0.15) is 0 Å². The van der Waals surface area contributed by atoms with Crippen LogP contribution < -0.4 is 5.32 Å². The highest BCUT2D eigenvalue weighted by Crippen LogP contribution is 2.22. The summed E-state index contributed by atoms with van der Waals surface area (Å²) in [6.45, 7) is 7.07. The van der Waals surface area contributed by atoms with Crippen molar-refractivity contribution >= 4 is 16.5 Å². The van der Waals surface area contributed by atoms with E-state index in [0.29, 0.717) is 0 Å². The quantitative estimate of drug-likeness (QED) is 0.902. The molecule has 20 heavy (non-hydrogen) atoms. The van der Waals surface area contributed by atoms with Crippen molar-refractivity contribution in [1.82, 2.24) is 4.90 Å². The van der Waals surface area contributed by atoms with E-state index in [9.17, 15) is 0 Å². The molecule has 1 fully saturated rings. The van der Waals surface area contributed by atoms with E-state index in [1.54, 1.807) is 0 Å². The summed E-state index contributed by atoms with van der Waals surface area (Å²) in [7, 11) is 0. The number of piperidine rings is 1. The first kappa shape index (κ1) is 13.4. The molecule has 1 saturated heterocycles. The second-order valence-electron chi connectivity index (χ2n) is 6.00. The smallest absolute Gasteiger partial charge is 0.0420 e. The molecule has 0 amide bonds. The minimum atomic E-state index is 0.862. The van der Waals surface area contributed by atoms with Crippen molar-refractivity contribution in [1.29, 1.82) is 0 Å². The third-order valence-corrected chi connectivity index (χ3v) is 4.27. The number of nitrogens with one attached hydrogen (secondary N) is 1. The monoisotopic (exact) mass is 268 g/mol. The van der Waals surface area contributed by atoms with Crippen LogP contribution in [-0.4, -0.2) is 31.1 Å². The van der Waals surface area contributed by atoms with Crippen molar-refractivity contribution in [2.45, 2.75) is 19.8 Å². The van der Waals surface area contributed by atoms with Gasteiger partial charge in [0.15, 0.2) is 0 Å². The average Bonchev–Trinajstić information content (AvgIpc) is 2.48. The van der Waals surface area contributed by atoms with Crippen molar-refractivity contribution in [3.63, 3.8) is 0 Å². The van der Waals surface area contributed by atoms with E-state index in [1.807, 2.05) is 0 Å². The molecule has 0 spiro atoms. The van der Waals surface area contributed by atoms with Crippen LogP contribution in [0.5, 0.6) is 0 Å². The minimum Gasteiger partial charge on any atom is -0.383 e. The van der Waals surface area contributed by atoms with Crippen LogP contribution in [0.4, 0.5) is 5.69 Å². The van der Waals surface area contributed by atoms with E-state index in [4.69, 9.17) is 0 Å². The van der Waals surface area contributed by atoms with Gasteiger partial charge in [-0.25, -0.2) is 0 Å². The first-order valence-electron chi connectivity index (χ1n) is 7.77. The highest BCUT2D eigenvalue weighted by Gasteiger charge is 2.15. The predicted molar refractivity (Wildman–Crippen MR) is 87.3 cm³/mol. The van der Waals surface area contributed by atoms with Gasteiger partial charge in [0.2, 0.25) is 0 Å². The number of anilines is 1. The fourth-order valence-electron chi connectivity index (χ4n) is 3.22. The van der Waals surface area contributed by atoms with Crippen molar-refractivity contribution in [2.24, 2.45) is 5.92 Å². The molecular weight excluding hydrogens is 244 g/mol. The van der Waals surface area contributed by atoms with Crippen LogP contribution in [0.3, 0.4) is 0 Å². The molecule has 1 N–H and O–H groups in total. The normalized spacial score (nSPS) is 20.1. The second-order valence-corrected chi connectivity index (χ2v) is 6.00. The van der Waals surface area contributed by atoms with Gasteiger partial charge in [-0.15, -0.1) is 0 Å². The lowest BCUT2D eigenvalue weighted by molar-refractivity contribution is 0.190. The maximum absolute atomic E-state index is 3.61. The number of hydrogen-bond donors (Lipinski definition) is 1. The van der Waals surface area contributed by atoms with E-state index in [-0.39, 0.29) is 0 Å². The zero-order chi connectivity index (χ0) is 13.8. The van der Waals surface area contributed by atoms with Crippen molar-refractivity contribution in [2.75, 3.05) is 31.5 Å². The third-order valence-electron chi connectivity index (χ3n) is 4.27. The molecule has 2 heteroatoms. The van der Waals surface area contributed by atoms with E-state index in [2.05, 4.69) is 59.6 Å². The molecule has 2 nitrogen and oxygen atoms in total. The van der Waals surface area contributed by atoms with E-state index in [0.717, 1.165) is 19.0 Å². The number of likely N-dealkylation sites (tertiary alicyclic amines) is 1. The fraction of sp³-hybridized carbons (Fsp3) is 0.444. The average molecular weight is 268 g/mol. The van der Waals surface area contributed by atoms with Gasteiger partial charge >= 0.3 is 0 Å². The zero-order valence-electron chi connectivity index (χ0n) is 12.3. The number of rotatable bonds is 4. The molecule has 1 atom stereocenters. The van der Waals surface area contributed by atoms with Gasteiger partial charge in [0.05, 0.1) is 0 Å². The molecule has 1 heterocycles. The van der Waals surface area contributed by atoms with Gasteiger partial charge in [0.1, 0.15) is 0 Å². The minimum absolute atomic E-state index is 0.862. The first-order chi connectivity index (χ1) is 9.83. The standard InChI is InChI=1S/C18H24N2/c1-15-6-5-12-20(14-15)13-11-19-18-10-4-8-16-7-2-3-9-17(16)18/h2-4,7-10,15,19H,5-6,11-14H2,1H3/t15-/m0/s1. The molecular formula is C18H24N2. The first-order valence-corrected chi connectivity index (χ1v) is 7.77. The Morgan fingerprint density at radius 1 is 1.15 bits per heavy atom. The van der Waals surface area contributed by atoms with Crippen LogP contribution in [0.2, 0.25) is 0 Å². The molecule has 0 unspecified atom stereocenters. The Labute approximate surface area is 121 Å². The van der Waals surface area contributed by atoms with Gasteiger partial charge < -0.3 is 10.2 Å². The molecule has 2 aromatic carbocycles. The Bertz CT molecular complexity index is 559. The number of hydrogen-bond acceptors (Lipinski definition) is 2. The molecule has 0 aliphatic carbocycles. The van der Waals surface area contributed by atoms with Crippen molar-refractivity contribution < 1.29 is 0 Å². The maximum Gasteiger partial charge on any atom is 0.0420 e. The number of benzene rings is 2. The largest absolute Gasteiger partial charge is 0.383 e. The molecule has 3 rings (SSSR count). The lowest BCUT2D eigenvalue weighted by Gasteiger charge is -2.30. The van der Waals surface area contributed by atoms with Gasteiger partial charge in [0.25, 0.3) is 0 Å². The van der Waals surface area contributed by atoms with Crippen molar-refractivity contribution in [3.8, 4) is 0 Å². The lowest BCUT2D eigenvalue weighted by Crippen LogP contribution is -2.37. The Kier molecular flexibility index (Phi) is 4.22. The summed E-state index contributed by atoms with van der Waals surface area (Å²) in [6, 6.07) is 15.1.